The fourth-order valence-electron chi connectivity index (χ4n) is 2.03. The van der Waals surface area contributed by atoms with Crippen molar-refractivity contribution >= 4 is 17.9 Å². The van der Waals surface area contributed by atoms with Crippen molar-refractivity contribution in [3.63, 3.8) is 0 Å². The fourth-order valence-corrected chi connectivity index (χ4v) is 2.03. The van der Waals surface area contributed by atoms with Gasteiger partial charge in [-0.15, -0.1) is 5.10 Å². The molecule has 0 bridgehead atoms. The number of carbonyl (C=O) groups is 2. The lowest BCUT2D eigenvalue weighted by Crippen LogP contribution is -2.46. The minimum atomic E-state index is -0.326. The Hall–Kier alpha value is -2.00. The van der Waals surface area contributed by atoms with Crippen LogP contribution in [0.25, 0.3) is 0 Å². The van der Waals surface area contributed by atoms with E-state index in [0.29, 0.717) is 25.6 Å². The molecule has 9 nitrogen and oxygen atoms in total. The van der Waals surface area contributed by atoms with E-state index in [4.69, 9.17) is 9.15 Å². The van der Waals surface area contributed by atoms with E-state index in [0.717, 1.165) is 0 Å². The molecule has 1 aliphatic heterocycles. The Balaban J connectivity index is 1.79. The van der Waals surface area contributed by atoms with Gasteiger partial charge in [0, 0.05) is 20.0 Å². The summed E-state index contributed by atoms with van der Waals surface area (Å²) in [6.45, 7) is 3.39. The van der Waals surface area contributed by atoms with Gasteiger partial charge >= 0.3 is 12.0 Å². The summed E-state index contributed by atoms with van der Waals surface area (Å²) in [7, 11) is 1.34. The van der Waals surface area contributed by atoms with Crippen molar-refractivity contribution in [1.82, 2.24) is 15.1 Å². The van der Waals surface area contributed by atoms with Crippen LogP contribution in [-0.2, 0) is 19.1 Å². The van der Waals surface area contributed by atoms with E-state index in [-0.39, 0.29) is 37.0 Å². The molecule has 1 unspecified atom stereocenters. The average Bonchev–Trinajstić information content (AvgIpc) is 2.84. The summed E-state index contributed by atoms with van der Waals surface area (Å²) in [5, 5.41) is 9.84. The third-order valence-electron chi connectivity index (χ3n) is 2.98. The lowest BCUT2D eigenvalue weighted by atomic mass is 10.2. The number of nitrogens with one attached hydrogen (secondary N) is 1. The van der Waals surface area contributed by atoms with Crippen molar-refractivity contribution in [2.75, 3.05) is 38.7 Å². The molecular weight excluding hydrogens is 280 g/mol. The molecule has 1 amide bonds. The molecule has 1 aromatic heterocycles. The first-order valence-electron chi connectivity index (χ1n) is 6.57. The Labute approximate surface area is 121 Å². The highest BCUT2D eigenvalue weighted by Gasteiger charge is 2.24. The van der Waals surface area contributed by atoms with Gasteiger partial charge in [-0.2, -0.15) is 0 Å². The van der Waals surface area contributed by atoms with Crippen molar-refractivity contribution in [3.8, 4) is 0 Å². The van der Waals surface area contributed by atoms with Gasteiger partial charge in [-0.25, -0.2) is 0 Å². The number of nitrogens with zero attached hydrogens (tertiary/aromatic N) is 3. The van der Waals surface area contributed by atoms with Crippen LogP contribution in [0.1, 0.15) is 12.3 Å². The lowest BCUT2D eigenvalue weighted by Gasteiger charge is -2.31. The SMILES string of the molecule is COC(=O)CC1CN(CC(=O)Nc2nnc(C)o2)CCO1. The van der Waals surface area contributed by atoms with Gasteiger partial charge in [0.2, 0.25) is 11.8 Å². The summed E-state index contributed by atoms with van der Waals surface area (Å²) < 4.78 is 15.1. The molecule has 0 radical (unpaired) electrons. The number of rotatable bonds is 5. The number of hydrogen-bond acceptors (Lipinski definition) is 8. The van der Waals surface area contributed by atoms with E-state index in [9.17, 15) is 9.59 Å². The second-order valence-electron chi connectivity index (χ2n) is 4.68. The monoisotopic (exact) mass is 298 g/mol. The third kappa shape index (κ3) is 4.80. The van der Waals surface area contributed by atoms with Gasteiger partial charge < -0.3 is 13.9 Å². The number of methoxy groups -OCH3 is 1. The van der Waals surface area contributed by atoms with Gasteiger partial charge in [0.1, 0.15) is 0 Å². The second kappa shape index (κ2) is 7.14. The fraction of sp³-hybridized carbons (Fsp3) is 0.667. The summed E-state index contributed by atoms with van der Waals surface area (Å²) in [6, 6.07) is 0.0804. The van der Waals surface area contributed by atoms with Gasteiger partial charge in [-0.05, 0) is 0 Å². The van der Waals surface area contributed by atoms with Gasteiger partial charge in [-0.3, -0.25) is 19.8 Å². The molecule has 0 spiro atoms. The standard InChI is InChI=1S/C12H18N4O5/c1-8-14-15-12(21-8)13-10(17)7-16-3-4-20-9(6-16)5-11(18)19-2/h9H,3-7H2,1-2H3,(H,13,15,17). The van der Waals surface area contributed by atoms with E-state index in [2.05, 4.69) is 20.3 Å². The normalized spacial score (nSPS) is 19.2. The van der Waals surface area contributed by atoms with Crippen LogP contribution in [0.15, 0.2) is 4.42 Å². The molecule has 1 aliphatic rings. The Bertz CT molecular complexity index is 504. The Morgan fingerprint density at radius 1 is 1.48 bits per heavy atom. The molecular formula is C12H18N4O5. The third-order valence-corrected chi connectivity index (χ3v) is 2.98. The number of hydrogen-bond donors (Lipinski definition) is 1. The second-order valence-corrected chi connectivity index (χ2v) is 4.68. The molecule has 0 saturated carbocycles. The van der Waals surface area contributed by atoms with Crippen LogP contribution in [0.2, 0.25) is 0 Å². The molecule has 1 N–H and O–H groups in total. The summed E-state index contributed by atoms with van der Waals surface area (Å²) >= 11 is 0. The van der Waals surface area contributed by atoms with E-state index in [1.165, 1.54) is 7.11 Å². The van der Waals surface area contributed by atoms with Crippen molar-refractivity contribution in [3.05, 3.63) is 5.89 Å². The average molecular weight is 298 g/mol. The number of ether oxygens (including phenoxy) is 2. The van der Waals surface area contributed by atoms with E-state index in [1.54, 1.807) is 6.92 Å². The number of carbonyl (C=O) groups excluding carboxylic acids is 2. The predicted octanol–water partition coefficient (Wildman–Crippen LogP) is -0.420. The summed E-state index contributed by atoms with van der Waals surface area (Å²) in [5.41, 5.74) is 0. The van der Waals surface area contributed by atoms with Crippen molar-refractivity contribution < 1.29 is 23.5 Å². The molecule has 21 heavy (non-hydrogen) atoms. The van der Waals surface area contributed by atoms with Crippen LogP contribution in [-0.4, -0.2) is 66.4 Å². The molecule has 2 rings (SSSR count). The molecule has 0 aromatic carbocycles. The first kappa shape index (κ1) is 15.4. The zero-order chi connectivity index (χ0) is 15.2. The van der Waals surface area contributed by atoms with Gasteiger partial charge in [0.05, 0.1) is 32.8 Å². The number of esters is 1. The first-order chi connectivity index (χ1) is 10.1. The highest BCUT2D eigenvalue weighted by atomic mass is 16.5. The topological polar surface area (TPSA) is 107 Å². The van der Waals surface area contributed by atoms with Crippen LogP contribution in [0, 0.1) is 6.92 Å². The van der Waals surface area contributed by atoms with Crippen LogP contribution in [0.3, 0.4) is 0 Å². The molecule has 1 saturated heterocycles. The maximum atomic E-state index is 11.9. The minimum absolute atomic E-state index is 0.0804. The Kier molecular flexibility index (Phi) is 5.23. The predicted molar refractivity (Wildman–Crippen MR) is 70.5 cm³/mol. The van der Waals surface area contributed by atoms with Crippen LogP contribution < -0.4 is 5.32 Å². The van der Waals surface area contributed by atoms with Crippen molar-refractivity contribution in [1.29, 1.82) is 0 Å². The summed E-state index contributed by atoms with van der Waals surface area (Å²) in [6.07, 6.45) is -0.0815. The minimum Gasteiger partial charge on any atom is -0.469 e. The first-order valence-corrected chi connectivity index (χ1v) is 6.57. The van der Waals surface area contributed by atoms with Gasteiger partial charge in [0.15, 0.2) is 0 Å². The summed E-state index contributed by atoms with van der Waals surface area (Å²) in [4.78, 5) is 25.0. The molecule has 2 heterocycles. The number of morpholine rings is 1. The lowest BCUT2D eigenvalue weighted by molar-refractivity contribution is -0.145. The molecule has 1 atom stereocenters. The quantitative estimate of drug-likeness (QED) is 0.730. The van der Waals surface area contributed by atoms with E-state index >= 15 is 0 Å². The zero-order valence-electron chi connectivity index (χ0n) is 12.0. The molecule has 1 aromatic rings. The largest absolute Gasteiger partial charge is 0.469 e. The van der Waals surface area contributed by atoms with Crippen LogP contribution in [0.4, 0.5) is 6.01 Å². The molecule has 1 fully saturated rings. The Morgan fingerprint density at radius 3 is 2.95 bits per heavy atom. The molecule has 0 aliphatic carbocycles. The molecule has 116 valence electrons. The highest BCUT2D eigenvalue weighted by Crippen LogP contribution is 2.10. The maximum Gasteiger partial charge on any atom is 0.322 e. The van der Waals surface area contributed by atoms with Gasteiger partial charge in [0.25, 0.3) is 0 Å². The van der Waals surface area contributed by atoms with Crippen LogP contribution >= 0.6 is 0 Å². The van der Waals surface area contributed by atoms with Crippen molar-refractivity contribution in [2.45, 2.75) is 19.4 Å². The smallest absolute Gasteiger partial charge is 0.322 e. The van der Waals surface area contributed by atoms with Gasteiger partial charge in [-0.1, -0.05) is 5.10 Å². The number of anilines is 1. The number of aromatic nitrogens is 2. The van der Waals surface area contributed by atoms with Crippen molar-refractivity contribution in [2.24, 2.45) is 0 Å². The zero-order valence-corrected chi connectivity index (χ0v) is 12.0. The maximum absolute atomic E-state index is 11.9. The van der Waals surface area contributed by atoms with E-state index in [1.807, 2.05) is 4.90 Å². The number of aryl methyl sites for hydroxylation is 1. The van der Waals surface area contributed by atoms with Crippen LogP contribution in [0.5, 0.6) is 0 Å². The Morgan fingerprint density at radius 2 is 2.29 bits per heavy atom. The van der Waals surface area contributed by atoms with E-state index < -0.39 is 0 Å². The highest BCUT2D eigenvalue weighted by molar-refractivity contribution is 5.90. The summed E-state index contributed by atoms with van der Waals surface area (Å²) in [5.74, 6) is -0.195. The number of amides is 1. The molecule has 9 heteroatoms.